The van der Waals surface area contributed by atoms with Crippen molar-refractivity contribution in [3.63, 3.8) is 0 Å². The second-order valence-corrected chi connectivity index (χ2v) is 3.83. The number of hydrogen-bond acceptors (Lipinski definition) is 4. The Morgan fingerprint density at radius 1 is 1.69 bits per heavy atom. The van der Waals surface area contributed by atoms with Gasteiger partial charge in [-0.1, -0.05) is 11.6 Å². The van der Waals surface area contributed by atoms with Crippen LogP contribution in [0.2, 0.25) is 5.02 Å². The summed E-state index contributed by atoms with van der Waals surface area (Å²) in [6.07, 6.45) is 0. The predicted octanol–water partition coefficient (Wildman–Crippen LogP) is 2.94. The Morgan fingerprint density at radius 3 is 2.69 bits per heavy atom. The van der Waals surface area contributed by atoms with Crippen molar-refractivity contribution in [2.45, 2.75) is 0 Å². The monoisotopic (exact) mass is 311 g/mol. The SMILES string of the molecule is COC(=O)c1cc(Cl)c(Br)c(F)c1[N+](=O)[O-]. The van der Waals surface area contributed by atoms with Gasteiger partial charge in [-0.3, -0.25) is 10.1 Å². The van der Waals surface area contributed by atoms with E-state index in [4.69, 9.17) is 11.6 Å². The summed E-state index contributed by atoms with van der Waals surface area (Å²) in [6.45, 7) is 0. The fourth-order valence-corrected chi connectivity index (χ4v) is 1.52. The third-order valence-corrected chi connectivity index (χ3v) is 3.03. The van der Waals surface area contributed by atoms with E-state index in [2.05, 4.69) is 20.7 Å². The van der Waals surface area contributed by atoms with Gasteiger partial charge >= 0.3 is 11.7 Å². The van der Waals surface area contributed by atoms with Crippen LogP contribution in [0.3, 0.4) is 0 Å². The number of esters is 1. The first-order valence-electron chi connectivity index (χ1n) is 3.80. The van der Waals surface area contributed by atoms with Crippen molar-refractivity contribution in [3.8, 4) is 0 Å². The highest BCUT2D eigenvalue weighted by Gasteiger charge is 2.29. The van der Waals surface area contributed by atoms with Crippen LogP contribution in [0.15, 0.2) is 10.5 Å². The van der Waals surface area contributed by atoms with Crippen LogP contribution < -0.4 is 0 Å². The van der Waals surface area contributed by atoms with E-state index in [9.17, 15) is 19.3 Å². The zero-order chi connectivity index (χ0) is 12.5. The fraction of sp³-hybridized carbons (Fsp3) is 0.125. The maximum Gasteiger partial charge on any atom is 0.345 e. The number of benzene rings is 1. The van der Waals surface area contributed by atoms with E-state index in [1.54, 1.807) is 0 Å². The molecule has 0 fully saturated rings. The molecule has 0 N–H and O–H groups in total. The van der Waals surface area contributed by atoms with Crippen LogP contribution in [0, 0.1) is 15.9 Å². The van der Waals surface area contributed by atoms with Crippen molar-refractivity contribution < 1.29 is 18.8 Å². The molecule has 8 heteroatoms. The van der Waals surface area contributed by atoms with Crippen LogP contribution in [0.1, 0.15) is 10.4 Å². The summed E-state index contributed by atoms with van der Waals surface area (Å²) in [5, 5.41) is 10.5. The molecule has 1 aromatic carbocycles. The van der Waals surface area contributed by atoms with Crippen LogP contribution in [0.25, 0.3) is 0 Å². The number of methoxy groups -OCH3 is 1. The van der Waals surface area contributed by atoms with Gasteiger partial charge in [0.15, 0.2) is 0 Å². The number of hydrogen-bond donors (Lipinski definition) is 0. The molecule has 0 aliphatic rings. The average molecular weight is 312 g/mol. The van der Waals surface area contributed by atoms with Gasteiger partial charge in [0.05, 0.1) is 21.5 Å². The fourth-order valence-electron chi connectivity index (χ4n) is 1.03. The number of ether oxygens (including phenoxy) is 1. The Balaban J connectivity index is 3.60. The first kappa shape index (κ1) is 12.9. The average Bonchev–Trinajstić information content (AvgIpc) is 2.23. The molecule has 5 nitrogen and oxygen atoms in total. The number of carbonyl (C=O) groups excluding carboxylic acids is 1. The summed E-state index contributed by atoms with van der Waals surface area (Å²) in [5.74, 6) is -2.24. The summed E-state index contributed by atoms with van der Waals surface area (Å²) in [4.78, 5) is 20.8. The standard InChI is InChI=1S/C8H4BrClFNO4/c1-16-8(13)3-2-4(10)5(9)6(11)7(3)12(14)15/h2H,1H3. The second-order valence-electron chi connectivity index (χ2n) is 2.63. The highest BCUT2D eigenvalue weighted by atomic mass is 79.9. The van der Waals surface area contributed by atoms with Gasteiger partial charge in [-0.05, 0) is 22.0 Å². The molecular weight excluding hydrogens is 308 g/mol. The minimum Gasteiger partial charge on any atom is -0.465 e. The quantitative estimate of drug-likeness (QED) is 0.364. The molecule has 0 radical (unpaired) electrons. The van der Waals surface area contributed by atoms with Gasteiger partial charge in [-0.2, -0.15) is 4.39 Å². The lowest BCUT2D eigenvalue weighted by molar-refractivity contribution is -0.388. The molecule has 0 saturated heterocycles. The van der Waals surface area contributed by atoms with E-state index in [1.807, 2.05) is 0 Å². The lowest BCUT2D eigenvalue weighted by Crippen LogP contribution is -2.08. The molecule has 0 saturated carbocycles. The lowest BCUT2D eigenvalue weighted by Gasteiger charge is -2.04. The van der Waals surface area contributed by atoms with Crippen molar-refractivity contribution in [2.24, 2.45) is 0 Å². The van der Waals surface area contributed by atoms with Gasteiger partial charge in [0.1, 0.15) is 5.56 Å². The summed E-state index contributed by atoms with van der Waals surface area (Å²) < 4.78 is 17.5. The number of carbonyl (C=O) groups is 1. The van der Waals surface area contributed by atoms with Gasteiger partial charge in [0, 0.05) is 0 Å². The van der Waals surface area contributed by atoms with E-state index in [-0.39, 0.29) is 9.50 Å². The van der Waals surface area contributed by atoms with E-state index < -0.39 is 28.0 Å². The summed E-state index contributed by atoms with van der Waals surface area (Å²) in [5.41, 5.74) is -1.50. The number of nitro benzene ring substituents is 1. The largest absolute Gasteiger partial charge is 0.465 e. The second kappa shape index (κ2) is 4.75. The molecular formula is C8H4BrClFNO4. The molecule has 16 heavy (non-hydrogen) atoms. The Bertz CT molecular complexity index is 480. The van der Waals surface area contributed by atoms with Gasteiger partial charge in [-0.15, -0.1) is 0 Å². The minimum atomic E-state index is -1.21. The van der Waals surface area contributed by atoms with Gasteiger partial charge in [-0.25, -0.2) is 4.79 Å². The van der Waals surface area contributed by atoms with Gasteiger partial charge in [0.2, 0.25) is 5.82 Å². The number of halogens is 3. The minimum absolute atomic E-state index is 0.150. The van der Waals surface area contributed by atoms with Crippen LogP contribution in [-0.2, 0) is 4.74 Å². The predicted molar refractivity (Wildman–Crippen MR) is 57.1 cm³/mol. The zero-order valence-corrected chi connectivity index (χ0v) is 10.1. The van der Waals surface area contributed by atoms with Crippen molar-refractivity contribution >= 4 is 39.2 Å². The summed E-state index contributed by atoms with van der Waals surface area (Å²) >= 11 is 8.32. The normalized spacial score (nSPS) is 10.0. The first-order chi connectivity index (χ1) is 7.40. The number of nitrogens with zero attached hydrogens (tertiary/aromatic N) is 1. The molecule has 1 rings (SSSR count). The number of rotatable bonds is 2. The Labute approximate surface area is 102 Å². The van der Waals surface area contributed by atoms with Crippen molar-refractivity contribution in [3.05, 3.63) is 37.1 Å². The topological polar surface area (TPSA) is 69.4 Å². The molecule has 0 spiro atoms. The maximum absolute atomic E-state index is 13.5. The molecule has 0 atom stereocenters. The van der Waals surface area contributed by atoms with Crippen LogP contribution >= 0.6 is 27.5 Å². The summed E-state index contributed by atoms with van der Waals surface area (Å²) in [7, 11) is 1.03. The molecule has 0 amide bonds. The molecule has 0 bridgehead atoms. The highest BCUT2D eigenvalue weighted by Crippen LogP contribution is 2.35. The molecule has 0 heterocycles. The highest BCUT2D eigenvalue weighted by molar-refractivity contribution is 9.10. The van der Waals surface area contributed by atoms with E-state index in [1.165, 1.54) is 0 Å². The lowest BCUT2D eigenvalue weighted by atomic mass is 10.1. The van der Waals surface area contributed by atoms with Gasteiger partial charge in [0.25, 0.3) is 0 Å². The van der Waals surface area contributed by atoms with Crippen molar-refractivity contribution in [1.29, 1.82) is 0 Å². The molecule has 0 aliphatic carbocycles. The van der Waals surface area contributed by atoms with Gasteiger partial charge < -0.3 is 4.74 Å². The van der Waals surface area contributed by atoms with Crippen molar-refractivity contribution in [2.75, 3.05) is 7.11 Å². The Kier molecular flexibility index (Phi) is 3.82. The third kappa shape index (κ3) is 2.14. The van der Waals surface area contributed by atoms with Crippen LogP contribution in [0.4, 0.5) is 10.1 Å². The smallest absolute Gasteiger partial charge is 0.345 e. The molecule has 1 aromatic rings. The zero-order valence-electron chi connectivity index (χ0n) is 7.79. The molecule has 0 unspecified atom stereocenters. The van der Waals surface area contributed by atoms with Crippen LogP contribution in [0.5, 0.6) is 0 Å². The molecule has 0 aromatic heterocycles. The number of nitro groups is 1. The molecule has 0 aliphatic heterocycles. The maximum atomic E-state index is 13.5. The Hall–Kier alpha value is -1.21. The molecule has 86 valence electrons. The summed E-state index contributed by atoms with van der Waals surface area (Å²) in [6, 6.07) is 0.971. The Morgan fingerprint density at radius 2 is 2.25 bits per heavy atom. The van der Waals surface area contributed by atoms with E-state index >= 15 is 0 Å². The van der Waals surface area contributed by atoms with Crippen LogP contribution in [-0.4, -0.2) is 18.0 Å². The first-order valence-corrected chi connectivity index (χ1v) is 4.97. The van der Waals surface area contributed by atoms with E-state index in [0.29, 0.717) is 0 Å². The third-order valence-electron chi connectivity index (χ3n) is 1.72. The van der Waals surface area contributed by atoms with E-state index in [0.717, 1.165) is 13.2 Å². The van der Waals surface area contributed by atoms with Crippen molar-refractivity contribution in [1.82, 2.24) is 0 Å².